The first-order chi connectivity index (χ1) is 13.4. The first-order valence-electron chi connectivity index (χ1n) is 10.8. The molecule has 2 aliphatic rings. The summed E-state index contributed by atoms with van der Waals surface area (Å²) >= 11 is 0. The number of quaternary nitrogens is 2. The Morgan fingerprint density at radius 3 is 2.18 bits per heavy atom. The van der Waals surface area contributed by atoms with Crippen LogP contribution in [0.1, 0.15) is 45.1 Å². The van der Waals surface area contributed by atoms with E-state index in [2.05, 4.69) is 31.3 Å². The Morgan fingerprint density at radius 2 is 1.61 bits per heavy atom. The van der Waals surface area contributed by atoms with E-state index in [4.69, 9.17) is 0 Å². The van der Waals surface area contributed by atoms with E-state index in [0.717, 1.165) is 57.8 Å². The molecule has 154 valence electrons. The van der Waals surface area contributed by atoms with Gasteiger partial charge in [0.2, 0.25) is 0 Å². The van der Waals surface area contributed by atoms with Gasteiger partial charge in [-0.1, -0.05) is 26.0 Å². The molecule has 6 heteroatoms. The van der Waals surface area contributed by atoms with E-state index in [0.29, 0.717) is 18.4 Å². The van der Waals surface area contributed by atoms with Crippen molar-refractivity contribution in [3.05, 3.63) is 29.8 Å². The van der Waals surface area contributed by atoms with Gasteiger partial charge < -0.3 is 20.0 Å². The minimum Gasteiger partial charge on any atom is -0.338 e. The van der Waals surface area contributed by atoms with Gasteiger partial charge in [0, 0.05) is 18.8 Å². The van der Waals surface area contributed by atoms with Crippen LogP contribution in [0, 0.1) is 0 Å². The van der Waals surface area contributed by atoms with Gasteiger partial charge in [-0.05, 0) is 43.4 Å². The Labute approximate surface area is 168 Å². The normalized spacial score (nSPS) is 23.6. The van der Waals surface area contributed by atoms with E-state index >= 15 is 0 Å². The minimum atomic E-state index is -0.0828. The third-order valence-electron chi connectivity index (χ3n) is 6.31. The number of piperazine rings is 1. The van der Waals surface area contributed by atoms with Crippen LogP contribution in [0.5, 0.6) is 0 Å². The molecule has 1 aromatic rings. The highest BCUT2D eigenvalue weighted by Crippen LogP contribution is 2.17. The molecule has 6 nitrogen and oxygen atoms in total. The van der Waals surface area contributed by atoms with Crippen molar-refractivity contribution in [3.8, 4) is 0 Å². The van der Waals surface area contributed by atoms with Crippen molar-refractivity contribution >= 4 is 17.5 Å². The summed E-state index contributed by atoms with van der Waals surface area (Å²) in [6.07, 6.45) is 2.29. The maximum absolute atomic E-state index is 12.7. The molecular weight excluding hydrogens is 352 g/mol. The lowest BCUT2D eigenvalue weighted by Crippen LogP contribution is -3.30. The Kier molecular flexibility index (Phi) is 7.08. The topological polar surface area (TPSA) is 58.3 Å². The summed E-state index contributed by atoms with van der Waals surface area (Å²) < 4.78 is 0. The zero-order chi connectivity index (χ0) is 20.1. The molecule has 3 N–H and O–H groups in total. The highest BCUT2D eigenvalue weighted by atomic mass is 16.2. The lowest BCUT2D eigenvalue weighted by molar-refractivity contribution is -1.01. The van der Waals surface area contributed by atoms with Crippen molar-refractivity contribution in [2.75, 3.05) is 51.1 Å². The van der Waals surface area contributed by atoms with Gasteiger partial charge >= 0.3 is 0 Å². The highest BCUT2D eigenvalue weighted by Gasteiger charge is 2.32. The number of likely N-dealkylation sites (tertiary alicyclic amines) is 1. The molecule has 28 heavy (non-hydrogen) atoms. The molecular formula is C22H36N4O2+2. The fourth-order valence-electron chi connectivity index (χ4n) is 4.21. The smallest absolute Gasteiger partial charge is 0.282 e. The number of hydrogen-bond acceptors (Lipinski definition) is 2. The number of nitrogens with zero attached hydrogens (tertiary/aromatic N) is 1. The van der Waals surface area contributed by atoms with E-state index in [1.165, 1.54) is 15.4 Å². The van der Waals surface area contributed by atoms with Crippen LogP contribution in [0.4, 0.5) is 5.69 Å². The molecule has 2 fully saturated rings. The van der Waals surface area contributed by atoms with Crippen LogP contribution in [-0.4, -0.2) is 68.6 Å². The van der Waals surface area contributed by atoms with E-state index in [9.17, 15) is 9.59 Å². The largest absolute Gasteiger partial charge is 0.338 e. The van der Waals surface area contributed by atoms with Gasteiger partial charge in [0.15, 0.2) is 12.6 Å². The van der Waals surface area contributed by atoms with Crippen molar-refractivity contribution in [2.45, 2.75) is 45.6 Å². The summed E-state index contributed by atoms with van der Waals surface area (Å²) in [5.41, 5.74) is 2.14. The van der Waals surface area contributed by atoms with Crippen LogP contribution in [0.15, 0.2) is 24.3 Å². The summed E-state index contributed by atoms with van der Waals surface area (Å²) in [6, 6.07) is 8.05. The maximum Gasteiger partial charge on any atom is 0.282 e. The number of carbonyl (C=O) groups excluding carboxylic acids is 2. The second-order valence-corrected chi connectivity index (χ2v) is 8.66. The number of rotatable bonds is 6. The predicted molar refractivity (Wildman–Crippen MR) is 111 cm³/mol. The van der Waals surface area contributed by atoms with Crippen LogP contribution < -0.4 is 15.1 Å². The van der Waals surface area contributed by atoms with Crippen LogP contribution >= 0.6 is 0 Å². The third-order valence-corrected chi connectivity index (χ3v) is 6.31. The fraction of sp³-hybridized carbons (Fsp3) is 0.636. The number of amides is 2. The summed E-state index contributed by atoms with van der Waals surface area (Å²) in [7, 11) is 0. The maximum atomic E-state index is 12.7. The van der Waals surface area contributed by atoms with Gasteiger partial charge in [0.25, 0.3) is 11.8 Å². The highest BCUT2D eigenvalue weighted by molar-refractivity contribution is 5.93. The van der Waals surface area contributed by atoms with Crippen molar-refractivity contribution in [1.82, 2.24) is 4.90 Å². The zero-order valence-corrected chi connectivity index (χ0v) is 17.6. The number of carbonyl (C=O) groups is 2. The predicted octanol–water partition coefficient (Wildman–Crippen LogP) is -0.457. The van der Waals surface area contributed by atoms with Crippen molar-refractivity contribution in [3.63, 3.8) is 0 Å². The molecule has 1 aromatic carbocycles. The average molecular weight is 389 g/mol. The molecule has 0 saturated carbocycles. The van der Waals surface area contributed by atoms with E-state index < -0.39 is 0 Å². The van der Waals surface area contributed by atoms with E-state index in [-0.39, 0.29) is 11.9 Å². The Morgan fingerprint density at radius 1 is 1.00 bits per heavy atom. The number of anilines is 1. The third kappa shape index (κ3) is 5.32. The van der Waals surface area contributed by atoms with Gasteiger partial charge in [0.05, 0.1) is 0 Å². The molecule has 0 bridgehead atoms. The summed E-state index contributed by atoms with van der Waals surface area (Å²) in [5.74, 6) is 0.861. The van der Waals surface area contributed by atoms with Crippen molar-refractivity contribution in [1.29, 1.82) is 0 Å². The number of nitrogens with one attached hydrogen (secondary N) is 3. The Hall–Kier alpha value is -1.92. The summed E-state index contributed by atoms with van der Waals surface area (Å²) in [6.45, 7) is 12.6. The van der Waals surface area contributed by atoms with Gasteiger partial charge in [-0.3, -0.25) is 9.59 Å². The quantitative estimate of drug-likeness (QED) is 0.618. The van der Waals surface area contributed by atoms with Crippen LogP contribution in [0.3, 0.4) is 0 Å². The van der Waals surface area contributed by atoms with Gasteiger partial charge in [-0.25, -0.2) is 0 Å². The molecule has 2 amide bonds. The van der Waals surface area contributed by atoms with Crippen LogP contribution in [0.25, 0.3) is 0 Å². The molecule has 2 aliphatic heterocycles. The van der Waals surface area contributed by atoms with Gasteiger partial charge in [0.1, 0.15) is 26.2 Å². The molecule has 1 atom stereocenters. The molecule has 0 aromatic heterocycles. The summed E-state index contributed by atoms with van der Waals surface area (Å²) in [4.78, 5) is 29.7. The van der Waals surface area contributed by atoms with Gasteiger partial charge in [-0.15, -0.1) is 0 Å². The minimum absolute atomic E-state index is 0.0730. The SMILES string of the molecule is CC(C)c1ccc(NC(=O)[C@H](C)[NH+]2CC[NH+](CC(=O)N3CCCC3)CC2)cc1. The van der Waals surface area contributed by atoms with Gasteiger partial charge in [-0.2, -0.15) is 0 Å². The molecule has 0 aliphatic carbocycles. The summed E-state index contributed by atoms with van der Waals surface area (Å²) in [5, 5.41) is 3.06. The lowest BCUT2D eigenvalue weighted by atomic mass is 10.0. The molecule has 0 radical (unpaired) electrons. The number of hydrogen-bond donors (Lipinski definition) is 3. The molecule has 2 saturated heterocycles. The first-order valence-corrected chi connectivity index (χ1v) is 10.8. The Bertz CT molecular complexity index is 660. The van der Waals surface area contributed by atoms with E-state index in [1.807, 2.05) is 24.0 Å². The average Bonchev–Trinajstić information content (AvgIpc) is 3.23. The standard InChI is InChI=1S/C22H34N4O2/c1-17(2)19-6-8-20(9-7-19)23-22(28)18(3)25-14-12-24(13-15-25)16-21(27)26-10-4-5-11-26/h6-9,17-18H,4-5,10-16H2,1-3H3,(H,23,28)/p+2/t18-/m0/s1. The van der Waals surface area contributed by atoms with Crippen molar-refractivity contribution < 1.29 is 19.4 Å². The molecule has 0 unspecified atom stereocenters. The van der Waals surface area contributed by atoms with E-state index in [1.54, 1.807) is 0 Å². The first kappa shape index (κ1) is 20.8. The lowest BCUT2D eigenvalue weighted by Gasteiger charge is -2.32. The fourth-order valence-corrected chi connectivity index (χ4v) is 4.21. The monoisotopic (exact) mass is 388 g/mol. The van der Waals surface area contributed by atoms with Crippen molar-refractivity contribution in [2.24, 2.45) is 0 Å². The van der Waals surface area contributed by atoms with Crippen LogP contribution in [-0.2, 0) is 9.59 Å². The second-order valence-electron chi connectivity index (χ2n) is 8.66. The Balaban J connectivity index is 1.44. The zero-order valence-electron chi connectivity index (χ0n) is 17.6. The van der Waals surface area contributed by atoms with Crippen LogP contribution in [0.2, 0.25) is 0 Å². The molecule has 0 spiro atoms. The number of benzene rings is 1. The molecule has 2 heterocycles. The molecule has 3 rings (SSSR count). The second kappa shape index (κ2) is 9.52.